The molecule has 2 aromatic heterocycles. The van der Waals surface area contributed by atoms with E-state index in [2.05, 4.69) is 20.2 Å². The summed E-state index contributed by atoms with van der Waals surface area (Å²) in [6.45, 7) is 5.93. The summed E-state index contributed by atoms with van der Waals surface area (Å²) in [5.41, 5.74) is 11.9. The van der Waals surface area contributed by atoms with E-state index in [9.17, 15) is 9.18 Å². The van der Waals surface area contributed by atoms with E-state index in [0.29, 0.717) is 58.7 Å². The van der Waals surface area contributed by atoms with Crippen LogP contribution in [0, 0.1) is 6.92 Å². The van der Waals surface area contributed by atoms with E-state index in [1.807, 2.05) is 17.7 Å². The van der Waals surface area contributed by atoms with Crippen LogP contribution < -0.4 is 20.7 Å². The molecule has 3 aromatic rings. The van der Waals surface area contributed by atoms with Crippen molar-refractivity contribution >= 4 is 52.4 Å². The van der Waals surface area contributed by atoms with Gasteiger partial charge in [-0.25, -0.2) is 4.39 Å². The number of thioether (sulfide) groups is 1. The van der Waals surface area contributed by atoms with Gasteiger partial charge in [0, 0.05) is 67.0 Å². The predicted octanol–water partition coefficient (Wildman–Crippen LogP) is 5.37. The number of ether oxygens (including phenoxy) is 1. The average Bonchev–Trinajstić information content (AvgIpc) is 3.65. The number of nitrogens with one attached hydrogen (secondary N) is 1. The number of fused-ring (bicyclic) bond motifs is 3. The minimum Gasteiger partial charge on any atom is -0.467 e. The number of aromatic nitrogens is 4. The summed E-state index contributed by atoms with van der Waals surface area (Å²) < 4.78 is 20.0. The first-order chi connectivity index (χ1) is 21.7. The Morgan fingerprint density at radius 2 is 2.02 bits per heavy atom. The Morgan fingerprint density at radius 3 is 2.78 bits per heavy atom. The van der Waals surface area contributed by atoms with Gasteiger partial charge in [-0.2, -0.15) is 15.1 Å². The fourth-order valence-electron chi connectivity index (χ4n) is 6.83. The number of amides is 1. The first-order valence-corrected chi connectivity index (χ1v) is 17.2. The van der Waals surface area contributed by atoms with Crippen LogP contribution in [0.3, 0.4) is 0 Å². The first-order valence-electron chi connectivity index (χ1n) is 15.4. The van der Waals surface area contributed by atoms with E-state index in [-0.39, 0.29) is 11.2 Å². The van der Waals surface area contributed by atoms with Crippen LogP contribution in [-0.2, 0) is 25.3 Å². The SMILES string of the molecule is CNC(=O)c1nn2c(c1C)CN(c1nc(OC)nc3c1CSC(c1cc(N)cc(Cl)c1Cl)C3)CCC2.FC1CC2CCCN2C1. The van der Waals surface area contributed by atoms with E-state index < -0.39 is 6.17 Å². The van der Waals surface area contributed by atoms with Crippen LogP contribution in [-0.4, -0.2) is 76.6 Å². The van der Waals surface area contributed by atoms with E-state index in [1.165, 1.54) is 12.8 Å². The normalized spacial score (nSPS) is 22.5. The number of aryl methyl sites for hydroxylation is 1. The van der Waals surface area contributed by atoms with Gasteiger partial charge in [0.2, 0.25) is 0 Å². The van der Waals surface area contributed by atoms with Gasteiger partial charge in [0.1, 0.15) is 12.0 Å². The lowest BCUT2D eigenvalue weighted by molar-refractivity contribution is 0.0956. The predicted molar refractivity (Wildman–Crippen MR) is 177 cm³/mol. The molecule has 45 heavy (non-hydrogen) atoms. The highest BCUT2D eigenvalue weighted by molar-refractivity contribution is 7.98. The van der Waals surface area contributed by atoms with E-state index >= 15 is 0 Å². The molecule has 1 amide bonds. The highest BCUT2D eigenvalue weighted by atomic mass is 35.5. The fraction of sp³-hybridized carbons (Fsp3) is 0.548. The van der Waals surface area contributed by atoms with Crippen molar-refractivity contribution in [3.8, 4) is 6.01 Å². The second-order valence-corrected chi connectivity index (χ2v) is 14.0. The molecule has 0 aliphatic carbocycles. The van der Waals surface area contributed by atoms with Crippen LogP contribution >= 0.6 is 35.0 Å². The van der Waals surface area contributed by atoms with Crippen LogP contribution in [0.2, 0.25) is 10.0 Å². The second-order valence-electron chi connectivity index (χ2n) is 12.0. The van der Waals surface area contributed by atoms with Gasteiger partial charge in [-0.3, -0.25) is 14.4 Å². The lowest BCUT2D eigenvalue weighted by Crippen LogP contribution is -2.27. The van der Waals surface area contributed by atoms with Crippen molar-refractivity contribution in [1.82, 2.24) is 30.0 Å². The second kappa shape index (κ2) is 13.5. The molecule has 0 spiro atoms. The number of halogens is 3. The maximum absolute atomic E-state index is 12.6. The van der Waals surface area contributed by atoms with Crippen molar-refractivity contribution in [3.63, 3.8) is 0 Å². The van der Waals surface area contributed by atoms with Crippen molar-refractivity contribution in [3.05, 3.63) is 56.0 Å². The van der Waals surface area contributed by atoms with Crippen LogP contribution in [0.25, 0.3) is 0 Å². The molecule has 10 nitrogen and oxygen atoms in total. The molecule has 3 atom stereocenters. The topological polar surface area (TPSA) is 114 Å². The number of alkyl halides is 1. The summed E-state index contributed by atoms with van der Waals surface area (Å²) in [7, 11) is 3.19. The summed E-state index contributed by atoms with van der Waals surface area (Å²) in [6, 6.07) is 4.49. The average molecular weight is 678 g/mol. The highest BCUT2D eigenvalue weighted by Crippen LogP contribution is 2.47. The molecule has 2 saturated heterocycles. The molecule has 1 aromatic carbocycles. The Hall–Kier alpha value is -2.80. The summed E-state index contributed by atoms with van der Waals surface area (Å²) in [6.07, 6.45) is 4.33. The lowest BCUT2D eigenvalue weighted by atomic mass is 10.0. The maximum Gasteiger partial charge on any atom is 0.318 e. The molecule has 0 bridgehead atoms. The zero-order valence-electron chi connectivity index (χ0n) is 25.8. The molecule has 14 heteroatoms. The van der Waals surface area contributed by atoms with Crippen molar-refractivity contribution in [2.24, 2.45) is 0 Å². The monoisotopic (exact) mass is 676 g/mol. The number of hydrogen-bond donors (Lipinski definition) is 2. The minimum atomic E-state index is -0.518. The molecular formula is C31H39Cl2FN8O2S. The Balaban J connectivity index is 0.000000337. The third-order valence-electron chi connectivity index (χ3n) is 9.13. The summed E-state index contributed by atoms with van der Waals surface area (Å²) in [5.74, 6) is 1.39. The Morgan fingerprint density at radius 1 is 1.20 bits per heavy atom. The number of carbonyl (C=O) groups excluding carboxylic acids is 1. The third-order valence-corrected chi connectivity index (χ3v) is 11.2. The summed E-state index contributed by atoms with van der Waals surface area (Å²) >= 11 is 14.6. The number of anilines is 2. The van der Waals surface area contributed by atoms with Crippen LogP contribution in [0.5, 0.6) is 6.01 Å². The molecule has 6 heterocycles. The molecule has 3 N–H and O–H groups in total. The third kappa shape index (κ3) is 6.57. The molecule has 4 aliphatic heterocycles. The standard InChI is InChI=1S/C24H27Cl2N7O2S.C7H12FN/c1-12-18-10-32(5-4-6-33(18)31-21(12)23(34)28-2)22-15-11-36-19(9-17(15)29-24(30-22)35-3)14-7-13(27)8-16(25)20(14)26;8-6-4-7-2-1-3-9(7)5-6/h7-8,19H,4-6,9-11,27H2,1-3H3,(H,28,34);6-7H,1-5H2. The number of hydrogen-bond acceptors (Lipinski definition) is 9. The van der Waals surface area contributed by atoms with Crippen molar-refractivity contribution in [1.29, 1.82) is 0 Å². The van der Waals surface area contributed by atoms with Crippen molar-refractivity contribution in [2.75, 3.05) is 44.4 Å². The molecule has 0 saturated carbocycles. The fourth-order valence-corrected chi connectivity index (χ4v) is 8.68. The van der Waals surface area contributed by atoms with Crippen molar-refractivity contribution < 1.29 is 13.9 Å². The lowest BCUT2D eigenvalue weighted by Gasteiger charge is -2.30. The molecule has 2 fully saturated rings. The highest BCUT2D eigenvalue weighted by Gasteiger charge is 2.35. The largest absolute Gasteiger partial charge is 0.467 e. The smallest absolute Gasteiger partial charge is 0.318 e. The summed E-state index contributed by atoms with van der Waals surface area (Å²) in [5, 5.41) is 8.29. The van der Waals surface area contributed by atoms with Gasteiger partial charge in [-0.05, 0) is 56.8 Å². The van der Waals surface area contributed by atoms with Gasteiger partial charge in [0.05, 0.1) is 35.1 Å². The number of nitrogens with two attached hydrogens (primary N) is 1. The zero-order valence-corrected chi connectivity index (χ0v) is 28.1. The number of nitrogens with zero attached hydrogens (tertiary/aromatic N) is 6. The Labute approximate surface area is 277 Å². The molecule has 4 aliphatic rings. The number of carbonyl (C=O) groups is 1. The molecule has 242 valence electrons. The zero-order chi connectivity index (χ0) is 31.8. The quantitative estimate of drug-likeness (QED) is 0.352. The first kappa shape index (κ1) is 32.2. The number of benzene rings is 1. The van der Waals surface area contributed by atoms with Gasteiger partial charge in [0.15, 0.2) is 5.69 Å². The van der Waals surface area contributed by atoms with Crippen molar-refractivity contribution in [2.45, 2.75) is 75.3 Å². The number of rotatable bonds is 4. The van der Waals surface area contributed by atoms with Crippen LogP contribution in [0.1, 0.15) is 69.5 Å². The van der Waals surface area contributed by atoms with Gasteiger partial charge in [0.25, 0.3) is 5.91 Å². The van der Waals surface area contributed by atoms with Crippen LogP contribution in [0.4, 0.5) is 15.9 Å². The Kier molecular flexibility index (Phi) is 9.65. The number of nitrogen functional groups attached to an aromatic ring is 1. The molecule has 0 radical (unpaired) electrons. The van der Waals surface area contributed by atoms with Gasteiger partial charge in [-0.15, -0.1) is 11.8 Å². The molecule has 3 unspecified atom stereocenters. The molecular weight excluding hydrogens is 638 g/mol. The Bertz CT molecular complexity index is 1580. The number of methoxy groups -OCH3 is 1. The minimum absolute atomic E-state index is 0.0568. The van der Waals surface area contributed by atoms with E-state index in [0.717, 1.165) is 66.4 Å². The van der Waals surface area contributed by atoms with Crippen LogP contribution in [0.15, 0.2) is 12.1 Å². The van der Waals surface area contributed by atoms with Gasteiger partial charge in [-0.1, -0.05) is 23.2 Å². The van der Waals surface area contributed by atoms with E-state index in [4.69, 9.17) is 43.6 Å². The summed E-state index contributed by atoms with van der Waals surface area (Å²) in [4.78, 5) is 26.3. The van der Waals surface area contributed by atoms with E-state index in [1.54, 1.807) is 32.0 Å². The molecule has 7 rings (SSSR count). The van der Waals surface area contributed by atoms with Gasteiger partial charge < -0.3 is 20.7 Å². The maximum atomic E-state index is 12.6. The van der Waals surface area contributed by atoms with Gasteiger partial charge >= 0.3 is 6.01 Å².